The number of aliphatic carboxylic acids is 1. The second-order valence-electron chi connectivity index (χ2n) is 4.95. The second kappa shape index (κ2) is 8.19. The smallest absolute Gasteiger partial charge is 0.321 e. The van der Waals surface area contributed by atoms with Crippen LogP contribution in [0.25, 0.3) is 0 Å². The van der Waals surface area contributed by atoms with E-state index in [9.17, 15) is 9.59 Å². The van der Waals surface area contributed by atoms with Crippen LogP contribution in [0.1, 0.15) is 26.2 Å². The molecule has 1 aromatic rings. The predicted octanol–water partition coefficient (Wildman–Crippen LogP) is 2.72. The number of carbonyl (C=O) groups is 2. The molecule has 0 aliphatic rings. The van der Waals surface area contributed by atoms with Gasteiger partial charge < -0.3 is 10.4 Å². The lowest BCUT2D eigenvalue weighted by atomic mass is 10.0. The monoisotopic (exact) mass is 278 g/mol. The number of anilines is 1. The minimum atomic E-state index is -0.773. The zero-order valence-electron chi connectivity index (χ0n) is 12.0. The highest BCUT2D eigenvalue weighted by Gasteiger charge is 2.10. The highest BCUT2D eigenvalue weighted by atomic mass is 16.4. The van der Waals surface area contributed by atoms with E-state index < -0.39 is 5.97 Å². The highest BCUT2D eigenvalue weighted by molar-refractivity contribution is 5.91. The van der Waals surface area contributed by atoms with E-state index in [1.807, 2.05) is 37.3 Å². The number of amides is 2. The van der Waals surface area contributed by atoms with E-state index in [-0.39, 0.29) is 18.4 Å². The van der Waals surface area contributed by atoms with Gasteiger partial charge in [-0.25, -0.2) is 4.79 Å². The maximum Gasteiger partial charge on any atom is 0.321 e. The van der Waals surface area contributed by atoms with Crippen molar-refractivity contribution >= 4 is 17.7 Å². The minimum absolute atomic E-state index is 0.151. The number of rotatable bonds is 7. The number of nitrogens with one attached hydrogen (secondary N) is 1. The Labute approximate surface area is 119 Å². The first-order chi connectivity index (χ1) is 9.50. The normalized spacial score (nSPS) is 11.7. The van der Waals surface area contributed by atoms with Gasteiger partial charge >= 0.3 is 12.0 Å². The zero-order valence-corrected chi connectivity index (χ0v) is 12.0. The van der Waals surface area contributed by atoms with Crippen molar-refractivity contribution in [2.45, 2.75) is 26.2 Å². The molecule has 20 heavy (non-hydrogen) atoms. The van der Waals surface area contributed by atoms with Crippen molar-refractivity contribution in [3.63, 3.8) is 0 Å². The van der Waals surface area contributed by atoms with Crippen LogP contribution in [0.5, 0.6) is 0 Å². The number of nitrogens with zero attached hydrogens (tertiary/aromatic N) is 1. The molecule has 2 N–H and O–H groups in total. The Morgan fingerprint density at radius 3 is 2.50 bits per heavy atom. The van der Waals surface area contributed by atoms with Gasteiger partial charge in [0.25, 0.3) is 0 Å². The van der Waals surface area contributed by atoms with Gasteiger partial charge in [0.15, 0.2) is 0 Å². The largest absolute Gasteiger partial charge is 0.481 e. The fourth-order valence-corrected chi connectivity index (χ4v) is 1.83. The molecule has 110 valence electrons. The maximum atomic E-state index is 11.9. The van der Waals surface area contributed by atoms with Gasteiger partial charge in [-0.3, -0.25) is 9.69 Å². The van der Waals surface area contributed by atoms with Crippen molar-refractivity contribution in [2.75, 3.05) is 18.5 Å². The Hall–Kier alpha value is -2.04. The number of carboxylic acids is 1. The molecule has 1 unspecified atom stereocenters. The molecular weight excluding hydrogens is 256 g/mol. The van der Waals surface area contributed by atoms with Crippen LogP contribution in [-0.2, 0) is 4.79 Å². The molecule has 0 radical (unpaired) electrons. The summed E-state index contributed by atoms with van der Waals surface area (Å²) in [4.78, 5) is 23.9. The average Bonchev–Trinajstić information content (AvgIpc) is 2.45. The van der Waals surface area contributed by atoms with E-state index in [0.717, 1.165) is 12.1 Å². The van der Waals surface area contributed by atoms with Gasteiger partial charge in [-0.05, 0) is 30.9 Å². The lowest BCUT2D eigenvalue weighted by molar-refractivity contribution is -0.137. The Kier molecular flexibility index (Phi) is 6.56. The van der Waals surface area contributed by atoms with Crippen molar-refractivity contribution in [3.05, 3.63) is 30.3 Å². The van der Waals surface area contributed by atoms with Crippen LogP contribution in [0.3, 0.4) is 0 Å². The number of carbonyl (C=O) groups excluding carboxylic acids is 1. The SMILES string of the molecule is CC(CCNC(=O)N(C)c1ccccc1)CCC(=O)O. The Balaban J connectivity index is 2.28. The van der Waals surface area contributed by atoms with E-state index >= 15 is 0 Å². The molecule has 2 amide bonds. The fraction of sp³-hybridized carbons (Fsp3) is 0.467. The third-order valence-corrected chi connectivity index (χ3v) is 3.21. The summed E-state index contributed by atoms with van der Waals surface area (Å²) in [6, 6.07) is 9.26. The lowest BCUT2D eigenvalue weighted by Gasteiger charge is -2.18. The first-order valence-electron chi connectivity index (χ1n) is 6.79. The van der Waals surface area contributed by atoms with Crippen LogP contribution < -0.4 is 10.2 Å². The molecule has 1 rings (SSSR count). The topological polar surface area (TPSA) is 69.6 Å². The summed E-state index contributed by atoms with van der Waals surface area (Å²) in [6.07, 6.45) is 1.60. The molecule has 5 nitrogen and oxygen atoms in total. The zero-order chi connectivity index (χ0) is 15.0. The number of hydrogen-bond donors (Lipinski definition) is 2. The Morgan fingerprint density at radius 1 is 1.25 bits per heavy atom. The fourth-order valence-electron chi connectivity index (χ4n) is 1.83. The van der Waals surface area contributed by atoms with Crippen LogP contribution in [0.15, 0.2) is 30.3 Å². The van der Waals surface area contributed by atoms with Gasteiger partial charge in [0.05, 0.1) is 0 Å². The lowest BCUT2D eigenvalue weighted by Crippen LogP contribution is -2.38. The van der Waals surface area contributed by atoms with Crippen molar-refractivity contribution < 1.29 is 14.7 Å². The van der Waals surface area contributed by atoms with Gasteiger partial charge in [-0.15, -0.1) is 0 Å². The maximum absolute atomic E-state index is 11.9. The summed E-state index contributed by atoms with van der Waals surface area (Å²) < 4.78 is 0. The molecule has 0 bridgehead atoms. The average molecular weight is 278 g/mol. The van der Waals surface area contributed by atoms with Crippen LogP contribution in [0, 0.1) is 5.92 Å². The molecule has 0 fully saturated rings. The first kappa shape index (κ1) is 16.0. The van der Waals surface area contributed by atoms with Crippen molar-refractivity contribution in [1.82, 2.24) is 5.32 Å². The quantitative estimate of drug-likeness (QED) is 0.805. The molecule has 5 heteroatoms. The number of carboxylic acid groups (broad SMARTS) is 1. The van der Waals surface area contributed by atoms with E-state index in [1.165, 1.54) is 0 Å². The Morgan fingerprint density at radius 2 is 1.90 bits per heavy atom. The summed E-state index contributed by atoms with van der Waals surface area (Å²) in [7, 11) is 1.72. The number of benzene rings is 1. The molecular formula is C15H22N2O3. The Bertz CT molecular complexity index is 434. The van der Waals surface area contributed by atoms with Gasteiger partial charge in [0.1, 0.15) is 0 Å². The number of para-hydroxylation sites is 1. The molecule has 0 aliphatic heterocycles. The second-order valence-corrected chi connectivity index (χ2v) is 4.95. The summed E-state index contributed by atoms with van der Waals surface area (Å²) >= 11 is 0. The van der Waals surface area contributed by atoms with E-state index in [2.05, 4.69) is 5.32 Å². The van der Waals surface area contributed by atoms with Crippen LogP contribution >= 0.6 is 0 Å². The molecule has 1 aromatic carbocycles. The van der Waals surface area contributed by atoms with Gasteiger partial charge in [-0.2, -0.15) is 0 Å². The number of hydrogen-bond acceptors (Lipinski definition) is 2. The van der Waals surface area contributed by atoms with Gasteiger partial charge in [0, 0.05) is 25.7 Å². The van der Waals surface area contributed by atoms with E-state index in [1.54, 1.807) is 11.9 Å². The van der Waals surface area contributed by atoms with Crippen LogP contribution in [0.4, 0.5) is 10.5 Å². The van der Waals surface area contributed by atoms with E-state index in [0.29, 0.717) is 13.0 Å². The molecule has 0 saturated carbocycles. The first-order valence-corrected chi connectivity index (χ1v) is 6.79. The predicted molar refractivity (Wildman–Crippen MR) is 78.9 cm³/mol. The van der Waals surface area contributed by atoms with Gasteiger partial charge in [-0.1, -0.05) is 25.1 Å². The summed E-state index contributed by atoms with van der Waals surface area (Å²) in [6.45, 7) is 2.55. The molecule has 0 saturated heterocycles. The third kappa shape index (κ3) is 5.73. The molecule has 1 atom stereocenters. The molecule has 0 aliphatic carbocycles. The van der Waals surface area contributed by atoms with Crippen LogP contribution in [-0.4, -0.2) is 30.7 Å². The van der Waals surface area contributed by atoms with Crippen molar-refractivity contribution in [2.24, 2.45) is 5.92 Å². The third-order valence-electron chi connectivity index (χ3n) is 3.21. The van der Waals surface area contributed by atoms with Crippen molar-refractivity contribution in [3.8, 4) is 0 Å². The van der Waals surface area contributed by atoms with E-state index in [4.69, 9.17) is 5.11 Å². The summed E-state index contributed by atoms with van der Waals surface area (Å²) in [5, 5.41) is 11.4. The summed E-state index contributed by atoms with van der Waals surface area (Å²) in [5.74, 6) is -0.488. The molecule has 0 spiro atoms. The van der Waals surface area contributed by atoms with Crippen molar-refractivity contribution in [1.29, 1.82) is 0 Å². The highest BCUT2D eigenvalue weighted by Crippen LogP contribution is 2.12. The van der Waals surface area contributed by atoms with Gasteiger partial charge in [0.2, 0.25) is 0 Å². The molecule has 0 heterocycles. The summed E-state index contributed by atoms with van der Waals surface area (Å²) in [5.41, 5.74) is 0.837. The minimum Gasteiger partial charge on any atom is -0.481 e. The standard InChI is InChI=1S/C15H22N2O3/c1-12(8-9-14(18)19)10-11-16-15(20)17(2)13-6-4-3-5-7-13/h3-7,12H,8-11H2,1-2H3,(H,16,20)(H,18,19). The van der Waals surface area contributed by atoms with Crippen LogP contribution in [0.2, 0.25) is 0 Å². The molecule has 0 aromatic heterocycles. The number of urea groups is 1.